The maximum atomic E-state index is 13.0. The van der Waals surface area contributed by atoms with E-state index in [1.165, 1.54) is 10.2 Å². The topological polar surface area (TPSA) is 89.2 Å². The number of hydrogen-bond donors (Lipinski definition) is 3. The summed E-state index contributed by atoms with van der Waals surface area (Å²) in [6.07, 6.45) is 1.70. The van der Waals surface area contributed by atoms with Crippen LogP contribution in [0.25, 0.3) is 0 Å². The SMILES string of the molecule is Cc1ccn(NCC(C)c2ccccc2)c(=O)c1CC(=O)NCc1cc(Cl)ccc1CN. The van der Waals surface area contributed by atoms with Crippen LogP contribution < -0.4 is 22.0 Å². The standard InChI is InChI=1S/C25H29ClN4O2/c1-17-10-11-30(29-15-18(2)19-6-4-3-5-7-19)25(32)23(17)13-24(31)28-16-21-12-22(26)9-8-20(21)14-27/h3-12,18,29H,13-16,27H2,1-2H3,(H,28,31). The second-order valence-electron chi connectivity index (χ2n) is 7.90. The Bertz CT molecular complexity index is 1130. The molecule has 168 valence electrons. The average molecular weight is 453 g/mol. The Morgan fingerprint density at radius 2 is 1.88 bits per heavy atom. The average Bonchev–Trinajstić information content (AvgIpc) is 2.80. The first kappa shape index (κ1) is 23.6. The summed E-state index contributed by atoms with van der Waals surface area (Å²) in [5, 5.41) is 3.46. The van der Waals surface area contributed by atoms with Crippen LogP contribution in [0.15, 0.2) is 65.6 Å². The molecule has 6 nitrogen and oxygen atoms in total. The van der Waals surface area contributed by atoms with Crippen LogP contribution >= 0.6 is 11.6 Å². The number of nitrogens with two attached hydrogens (primary N) is 1. The quantitative estimate of drug-likeness (QED) is 0.463. The van der Waals surface area contributed by atoms with Gasteiger partial charge in [-0.05, 0) is 53.3 Å². The van der Waals surface area contributed by atoms with Crippen molar-refractivity contribution in [2.45, 2.75) is 39.3 Å². The summed E-state index contributed by atoms with van der Waals surface area (Å²) in [7, 11) is 0. The number of nitrogens with zero attached hydrogens (tertiary/aromatic N) is 1. The fraction of sp³-hybridized carbons (Fsp3) is 0.280. The maximum Gasteiger partial charge on any atom is 0.272 e. The maximum absolute atomic E-state index is 13.0. The summed E-state index contributed by atoms with van der Waals surface area (Å²) >= 11 is 6.06. The second kappa shape index (κ2) is 11.0. The molecular weight excluding hydrogens is 424 g/mol. The molecule has 1 unspecified atom stereocenters. The molecule has 0 aliphatic heterocycles. The molecule has 1 heterocycles. The normalized spacial score (nSPS) is 11.8. The molecule has 7 heteroatoms. The first-order valence-electron chi connectivity index (χ1n) is 10.6. The van der Waals surface area contributed by atoms with Crippen LogP contribution in [0.2, 0.25) is 5.02 Å². The van der Waals surface area contributed by atoms with Crippen molar-refractivity contribution in [3.05, 3.63) is 104 Å². The number of halogens is 1. The molecule has 4 N–H and O–H groups in total. The molecule has 2 aromatic carbocycles. The molecular formula is C25H29ClN4O2. The number of benzene rings is 2. The van der Waals surface area contributed by atoms with Gasteiger partial charge in [0, 0.05) is 36.4 Å². The smallest absolute Gasteiger partial charge is 0.272 e. The zero-order valence-electron chi connectivity index (χ0n) is 18.4. The third-order valence-electron chi connectivity index (χ3n) is 5.56. The predicted octanol–water partition coefficient (Wildman–Crippen LogP) is 3.47. The van der Waals surface area contributed by atoms with E-state index in [0.29, 0.717) is 30.2 Å². The van der Waals surface area contributed by atoms with Crippen molar-refractivity contribution in [3.8, 4) is 0 Å². The Kier molecular flexibility index (Phi) is 8.09. The molecule has 0 saturated heterocycles. The van der Waals surface area contributed by atoms with Gasteiger partial charge < -0.3 is 16.5 Å². The highest BCUT2D eigenvalue weighted by Crippen LogP contribution is 2.16. The van der Waals surface area contributed by atoms with Gasteiger partial charge in [-0.15, -0.1) is 0 Å². The molecule has 0 radical (unpaired) electrons. The van der Waals surface area contributed by atoms with Crippen molar-refractivity contribution in [1.29, 1.82) is 0 Å². The molecule has 0 saturated carbocycles. The minimum absolute atomic E-state index is 0.0000500. The van der Waals surface area contributed by atoms with Crippen molar-refractivity contribution in [2.75, 3.05) is 12.0 Å². The van der Waals surface area contributed by atoms with Gasteiger partial charge in [0.05, 0.1) is 6.42 Å². The number of carbonyl (C=O) groups is 1. The molecule has 1 atom stereocenters. The van der Waals surface area contributed by atoms with Gasteiger partial charge >= 0.3 is 0 Å². The first-order valence-corrected chi connectivity index (χ1v) is 11.0. The van der Waals surface area contributed by atoms with Gasteiger partial charge in [-0.2, -0.15) is 0 Å². The number of nitrogens with one attached hydrogen (secondary N) is 2. The van der Waals surface area contributed by atoms with Crippen molar-refractivity contribution in [1.82, 2.24) is 9.99 Å². The zero-order chi connectivity index (χ0) is 23.1. The monoisotopic (exact) mass is 452 g/mol. The lowest BCUT2D eigenvalue weighted by Crippen LogP contribution is -2.35. The van der Waals surface area contributed by atoms with Crippen LogP contribution in [0, 0.1) is 6.92 Å². The third-order valence-corrected chi connectivity index (χ3v) is 5.80. The van der Waals surface area contributed by atoms with Gasteiger partial charge in [0.15, 0.2) is 0 Å². The Balaban J connectivity index is 1.65. The van der Waals surface area contributed by atoms with Crippen molar-refractivity contribution >= 4 is 17.5 Å². The molecule has 3 rings (SSSR count). The highest BCUT2D eigenvalue weighted by molar-refractivity contribution is 6.30. The van der Waals surface area contributed by atoms with Gasteiger partial charge in [-0.25, -0.2) is 4.68 Å². The van der Waals surface area contributed by atoms with Crippen LogP contribution in [0.1, 0.15) is 40.7 Å². The molecule has 0 bridgehead atoms. The van der Waals surface area contributed by atoms with Gasteiger partial charge in [-0.1, -0.05) is 54.9 Å². The number of hydrogen-bond acceptors (Lipinski definition) is 4. The number of amides is 1. The fourth-order valence-electron chi connectivity index (χ4n) is 3.52. The molecule has 1 amide bonds. The van der Waals surface area contributed by atoms with Crippen LogP contribution in [0.3, 0.4) is 0 Å². The molecule has 32 heavy (non-hydrogen) atoms. The summed E-state index contributed by atoms with van der Waals surface area (Å²) in [5.74, 6) is -0.00543. The largest absolute Gasteiger partial charge is 0.352 e. The zero-order valence-corrected chi connectivity index (χ0v) is 19.2. The summed E-state index contributed by atoms with van der Waals surface area (Å²) in [6.45, 7) is 5.19. The predicted molar refractivity (Wildman–Crippen MR) is 129 cm³/mol. The van der Waals surface area contributed by atoms with E-state index in [0.717, 1.165) is 16.7 Å². The van der Waals surface area contributed by atoms with Crippen molar-refractivity contribution in [2.24, 2.45) is 5.73 Å². The lowest BCUT2D eigenvalue weighted by molar-refractivity contribution is -0.120. The Hall–Kier alpha value is -3.09. The van der Waals surface area contributed by atoms with Gasteiger partial charge in [0.2, 0.25) is 5.91 Å². The Morgan fingerprint density at radius 3 is 2.59 bits per heavy atom. The van der Waals surface area contributed by atoms with E-state index in [1.54, 1.807) is 18.3 Å². The van der Waals surface area contributed by atoms with E-state index < -0.39 is 0 Å². The van der Waals surface area contributed by atoms with Crippen LogP contribution in [0.5, 0.6) is 0 Å². The highest BCUT2D eigenvalue weighted by atomic mass is 35.5. The van der Waals surface area contributed by atoms with E-state index >= 15 is 0 Å². The molecule has 0 aliphatic carbocycles. The van der Waals surface area contributed by atoms with E-state index in [2.05, 4.69) is 29.8 Å². The number of rotatable bonds is 9. The second-order valence-corrected chi connectivity index (χ2v) is 8.33. The molecule has 0 spiro atoms. The van der Waals surface area contributed by atoms with Gasteiger partial charge in [-0.3, -0.25) is 9.59 Å². The summed E-state index contributed by atoms with van der Waals surface area (Å²) in [5.41, 5.74) is 13.0. The molecule has 3 aromatic rings. The van der Waals surface area contributed by atoms with Crippen LogP contribution in [-0.2, 0) is 24.3 Å². The highest BCUT2D eigenvalue weighted by Gasteiger charge is 2.14. The third kappa shape index (κ3) is 5.99. The van der Waals surface area contributed by atoms with E-state index in [9.17, 15) is 9.59 Å². The minimum atomic E-state index is -0.233. The summed E-state index contributed by atoms with van der Waals surface area (Å²) in [6, 6.07) is 17.4. The van der Waals surface area contributed by atoms with E-state index in [4.69, 9.17) is 17.3 Å². The molecule has 1 aromatic heterocycles. The van der Waals surface area contributed by atoms with E-state index in [1.807, 2.05) is 37.3 Å². The number of aryl methyl sites for hydroxylation is 1. The summed E-state index contributed by atoms with van der Waals surface area (Å²) < 4.78 is 1.46. The molecule has 0 aliphatic rings. The van der Waals surface area contributed by atoms with Crippen LogP contribution in [0.4, 0.5) is 0 Å². The lowest BCUT2D eigenvalue weighted by atomic mass is 10.0. The van der Waals surface area contributed by atoms with Gasteiger partial charge in [0.1, 0.15) is 0 Å². The minimum Gasteiger partial charge on any atom is -0.352 e. The van der Waals surface area contributed by atoms with Crippen molar-refractivity contribution in [3.63, 3.8) is 0 Å². The summed E-state index contributed by atoms with van der Waals surface area (Å²) in [4.78, 5) is 25.6. The van der Waals surface area contributed by atoms with Crippen LogP contribution in [-0.4, -0.2) is 17.1 Å². The number of aromatic nitrogens is 1. The Morgan fingerprint density at radius 1 is 1.12 bits per heavy atom. The van der Waals surface area contributed by atoms with E-state index in [-0.39, 0.29) is 23.8 Å². The number of pyridine rings is 1. The first-order chi connectivity index (χ1) is 15.4. The lowest BCUT2D eigenvalue weighted by Gasteiger charge is -2.17. The fourth-order valence-corrected chi connectivity index (χ4v) is 3.71. The van der Waals surface area contributed by atoms with Crippen molar-refractivity contribution < 1.29 is 4.79 Å². The molecule has 0 fully saturated rings. The number of carbonyl (C=O) groups excluding carboxylic acids is 1. The Labute approximate surface area is 193 Å². The van der Waals surface area contributed by atoms with Gasteiger partial charge in [0.25, 0.3) is 5.56 Å².